The minimum absolute atomic E-state index is 0.305. The van der Waals surface area contributed by atoms with Crippen molar-refractivity contribution < 1.29 is 9.53 Å². The molecule has 3 nitrogen and oxygen atoms in total. The second kappa shape index (κ2) is 5.43. The van der Waals surface area contributed by atoms with Crippen molar-refractivity contribution in [3.63, 3.8) is 0 Å². The summed E-state index contributed by atoms with van der Waals surface area (Å²) < 4.78 is 5.38. The van der Waals surface area contributed by atoms with Crippen LogP contribution in [0.5, 0.6) is 0 Å². The molecule has 0 aliphatic rings. The highest BCUT2D eigenvalue weighted by molar-refractivity contribution is 7.09. The van der Waals surface area contributed by atoms with Crippen molar-refractivity contribution in [1.82, 2.24) is 4.98 Å². The number of thiophene rings is 1. The van der Waals surface area contributed by atoms with E-state index in [1.807, 2.05) is 48.7 Å². The molecular formula is C16H13NO2S. The molecule has 0 fully saturated rings. The van der Waals surface area contributed by atoms with Crippen molar-refractivity contribution in [1.29, 1.82) is 0 Å². The summed E-state index contributed by atoms with van der Waals surface area (Å²) in [7, 11) is 0. The molecule has 1 aromatic carbocycles. The highest BCUT2D eigenvalue weighted by Gasteiger charge is 2.13. The molecule has 0 atom stereocenters. The standard InChI is InChI=1S/C16H13NO2S/c1-11-9-14(13-6-2-3-7-15(13)17-11)16(18)19-10-12-5-4-8-20-12/h2-9H,10H2,1H3. The number of fused-ring (bicyclic) bond motifs is 1. The van der Waals surface area contributed by atoms with Crippen molar-refractivity contribution in [3.05, 3.63) is 64.0 Å². The number of pyridine rings is 1. The van der Waals surface area contributed by atoms with Crippen LogP contribution in [0.4, 0.5) is 0 Å². The fraction of sp³-hybridized carbons (Fsp3) is 0.125. The molecule has 20 heavy (non-hydrogen) atoms. The monoisotopic (exact) mass is 283 g/mol. The van der Waals surface area contributed by atoms with Crippen LogP contribution in [0, 0.1) is 6.92 Å². The Hall–Kier alpha value is -2.20. The lowest BCUT2D eigenvalue weighted by atomic mass is 10.1. The Morgan fingerprint density at radius 2 is 2.10 bits per heavy atom. The third kappa shape index (κ3) is 2.56. The van der Waals surface area contributed by atoms with E-state index in [2.05, 4.69) is 4.98 Å². The first kappa shape index (κ1) is 12.8. The van der Waals surface area contributed by atoms with E-state index in [0.717, 1.165) is 21.5 Å². The Bertz CT molecular complexity index is 750. The summed E-state index contributed by atoms with van der Waals surface area (Å²) in [6.07, 6.45) is 0. The highest BCUT2D eigenvalue weighted by Crippen LogP contribution is 2.20. The first-order valence-corrected chi connectivity index (χ1v) is 7.18. The van der Waals surface area contributed by atoms with Crippen LogP contribution in [0.3, 0.4) is 0 Å². The number of rotatable bonds is 3. The number of carbonyl (C=O) groups excluding carboxylic acids is 1. The van der Waals surface area contributed by atoms with Crippen molar-refractivity contribution in [2.75, 3.05) is 0 Å². The van der Waals surface area contributed by atoms with E-state index >= 15 is 0 Å². The van der Waals surface area contributed by atoms with Crippen molar-refractivity contribution in [2.24, 2.45) is 0 Å². The van der Waals surface area contributed by atoms with Crippen LogP contribution >= 0.6 is 11.3 Å². The zero-order valence-corrected chi connectivity index (χ0v) is 11.8. The van der Waals surface area contributed by atoms with Crippen LogP contribution in [0.1, 0.15) is 20.9 Å². The van der Waals surface area contributed by atoms with E-state index in [4.69, 9.17) is 4.74 Å². The summed E-state index contributed by atoms with van der Waals surface area (Å²) in [6.45, 7) is 2.19. The minimum Gasteiger partial charge on any atom is -0.456 e. The minimum atomic E-state index is -0.305. The maximum Gasteiger partial charge on any atom is 0.339 e. The topological polar surface area (TPSA) is 39.2 Å². The summed E-state index contributed by atoms with van der Waals surface area (Å²) in [5.41, 5.74) is 2.20. The van der Waals surface area contributed by atoms with Crippen LogP contribution in [0.2, 0.25) is 0 Å². The molecule has 0 bridgehead atoms. The highest BCUT2D eigenvalue weighted by atomic mass is 32.1. The summed E-state index contributed by atoms with van der Waals surface area (Å²) in [5.74, 6) is -0.305. The Balaban J connectivity index is 1.90. The van der Waals surface area contributed by atoms with E-state index in [1.165, 1.54) is 0 Å². The molecule has 0 unspecified atom stereocenters. The van der Waals surface area contributed by atoms with E-state index in [1.54, 1.807) is 17.4 Å². The van der Waals surface area contributed by atoms with Crippen LogP contribution < -0.4 is 0 Å². The molecule has 0 radical (unpaired) electrons. The van der Waals surface area contributed by atoms with Gasteiger partial charge in [0.1, 0.15) is 6.61 Å². The van der Waals surface area contributed by atoms with Gasteiger partial charge in [0.25, 0.3) is 0 Å². The normalized spacial score (nSPS) is 10.7. The molecule has 0 spiro atoms. The van der Waals surface area contributed by atoms with Gasteiger partial charge >= 0.3 is 5.97 Å². The molecule has 0 saturated heterocycles. The van der Waals surface area contributed by atoms with E-state index < -0.39 is 0 Å². The predicted octanol–water partition coefficient (Wildman–Crippen LogP) is 3.96. The summed E-state index contributed by atoms with van der Waals surface area (Å²) in [5, 5.41) is 2.80. The lowest BCUT2D eigenvalue weighted by molar-refractivity contribution is 0.0479. The van der Waals surface area contributed by atoms with Gasteiger partial charge in [-0.25, -0.2) is 4.79 Å². The second-order valence-electron chi connectivity index (χ2n) is 4.48. The molecule has 100 valence electrons. The fourth-order valence-electron chi connectivity index (χ4n) is 2.09. The van der Waals surface area contributed by atoms with Crippen LogP contribution in [0.25, 0.3) is 10.9 Å². The number of aryl methyl sites for hydroxylation is 1. The van der Waals surface area contributed by atoms with E-state index in [9.17, 15) is 4.79 Å². The van der Waals surface area contributed by atoms with Gasteiger partial charge in [-0.1, -0.05) is 24.3 Å². The molecular weight excluding hydrogens is 270 g/mol. The van der Waals surface area contributed by atoms with Gasteiger partial charge < -0.3 is 4.74 Å². The molecule has 0 N–H and O–H groups in total. The van der Waals surface area contributed by atoms with Gasteiger partial charge in [-0.05, 0) is 30.5 Å². The number of hydrogen-bond donors (Lipinski definition) is 0. The lowest BCUT2D eigenvalue weighted by Crippen LogP contribution is -2.06. The molecule has 0 amide bonds. The van der Waals surface area contributed by atoms with Gasteiger partial charge in [0.05, 0.1) is 11.1 Å². The Kier molecular flexibility index (Phi) is 3.48. The van der Waals surface area contributed by atoms with Gasteiger partial charge in [-0.2, -0.15) is 0 Å². The molecule has 2 aromatic heterocycles. The summed E-state index contributed by atoms with van der Waals surface area (Å²) in [4.78, 5) is 17.7. The maximum absolute atomic E-state index is 12.3. The number of ether oxygens (including phenoxy) is 1. The Morgan fingerprint density at radius 3 is 2.90 bits per heavy atom. The second-order valence-corrected chi connectivity index (χ2v) is 5.52. The van der Waals surface area contributed by atoms with Gasteiger partial charge in [-0.3, -0.25) is 4.98 Å². The predicted molar refractivity (Wildman–Crippen MR) is 79.9 cm³/mol. The number of esters is 1. The third-order valence-corrected chi connectivity index (χ3v) is 3.84. The van der Waals surface area contributed by atoms with Crippen molar-refractivity contribution in [2.45, 2.75) is 13.5 Å². The third-order valence-electron chi connectivity index (χ3n) is 2.99. The Labute approximate surface area is 120 Å². The number of carbonyl (C=O) groups is 1. The zero-order chi connectivity index (χ0) is 13.9. The number of benzene rings is 1. The SMILES string of the molecule is Cc1cc(C(=O)OCc2cccs2)c2ccccc2n1. The van der Waals surface area contributed by atoms with E-state index in [-0.39, 0.29) is 5.97 Å². The molecule has 2 heterocycles. The van der Waals surface area contributed by atoms with Gasteiger partial charge in [-0.15, -0.1) is 11.3 Å². The van der Waals surface area contributed by atoms with Crippen LogP contribution in [-0.4, -0.2) is 11.0 Å². The molecule has 4 heteroatoms. The zero-order valence-electron chi connectivity index (χ0n) is 11.0. The Morgan fingerprint density at radius 1 is 1.25 bits per heavy atom. The molecule has 3 aromatic rings. The van der Waals surface area contributed by atoms with E-state index in [0.29, 0.717) is 12.2 Å². The lowest BCUT2D eigenvalue weighted by Gasteiger charge is -2.07. The summed E-state index contributed by atoms with van der Waals surface area (Å²) in [6, 6.07) is 13.3. The largest absolute Gasteiger partial charge is 0.456 e. The van der Waals surface area contributed by atoms with Crippen molar-refractivity contribution >= 4 is 28.2 Å². The number of nitrogens with zero attached hydrogens (tertiary/aromatic N) is 1. The average molecular weight is 283 g/mol. The van der Waals surface area contributed by atoms with Gasteiger partial charge in [0.2, 0.25) is 0 Å². The molecule has 3 rings (SSSR count). The summed E-state index contributed by atoms with van der Waals surface area (Å²) >= 11 is 1.58. The molecule has 0 aliphatic carbocycles. The molecule has 0 aliphatic heterocycles. The fourth-order valence-corrected chi connectivity index (χ4v) is 2.70. The molecule has 0 saturated carbocycles. The maximum atomic E-state index is 12.3. The number of hydrogen-bond acceptors (Lipinski definition) is 4. The van der Waals surface area contributed by atoms with Crippen LogP contribution in [-0.2, 0) is 11.3 Å². The van der Waals surface area contributed by atoms with Gasteiger partial charge in [0.15, 0.2) is 0 Å². The van der Waals surface area contributed by atoms with Gasteiger partial charge in [0, 0.05) is 16.0 Å². The quantitative estimate of drug-likeness (QED) is 0.683. The first-order chi connectivity index (χ1) is 9.74. The smallest absolute Gasteiger partial charge is 0.339 e. The number of aromatic nitrogens is 1. The van der Waals surface area contributed by atoms with Crippen LogP contribution in [0.15, 0.2) is 47.8 Å². The first-order valence-electron chi connectivity index (χ1n) is 6.30. The van der Waals surface area contributed by atoms with Crippen molar-refractivity contribution in [3.8, 4) is 0 Å². The average Bonchev–Trinajstić information content (AvgIpc) is 2.97. The number of para-hydroxylation sites is 1.